The van der Waals surface area contributed by atoms with E-state index in [4.69, 9.17) is 11.6 Å². The third-order valence-corrected chi connectivity index (χ3v) is 4.14. The normalized spacial score (nSPS) is 16.9. The summed E-state index contributed by atoms with van der Waals surface area (Å²) in [5.41, 5.74) is 4.31. The van der Waals surface area contributed by atoms with Gasteiger partial charge in [0.2, 0.25) is 0 Å². The second-order valence-electron chi connectivity index (χ2n) is 4.76. The zero-order valence-corrected chi connectivity index (χ0v) is 11.5. The Labute approximate surface area is 109 Å². The van der Waals surface area contributed by atoms with Gasteiger partial charge in [0, 0.05) is 5.02 Å². The molecule has 0 radical (unpaired) electrons. The lowest BCUT2D eigenvalue weighted by atomic mass is 9.87. The maximum atomic E-state index is 6.37. The fourth-order valence-corrected chi connectivity index (χ4v) is 3.26. The van der Waals surface area contributed by atoms with E-state index in [9.17, 15) is 0 Å². The smallest absolute Gasteiger partial charge is 0.0443 e. The lowest BCUT2D eigenvalue weighted by Crippen LogP contribution is -2.05. The Kier molecular flexibility index (Phi) is 4.21. The van der Waals surface area contributed by atoms with Gasteiger partial charge in [-0.05, 0) is 66.5 Å². The first-order valence-electron chi connectivity index (χ1n) is 6.14. The van der Waals surface area contributed by atoms with Gasteiger partial charge < -0.3 is 0 Å². The topological polar surface area (TPSA) is 0 Å². The highest BCUT2D eigenvalue weighted by atomic mass is 35.5. The minimum atomic E-state index is 0.525. The highest BCUT2D eigenvalue weighted by molar-refractivity contribution is 7.80. The van der Waals surface area contributed by atoms with E-state index in [1.54, 1.807) is 0 Å². The van der Waals surface area contributed by atoms with Crippen molar-refractivity contribution in [2.45, 2.75) is 44.9 Å². The monoisotopic (exact) mass is 254 g/mol. The predicted molar refractivity (Wildman–Crippen MR) is 75.0 cm³/mol. The molecule has 16 heavy (non-hydrogen) atoms. The third kappa shape index (κ3) is 2.57. The van der Waals surface area contributed by atoms with Crippen LogP contribution in [-0.4, -0.2) is 5.75 Å². The molecule has 0 N–H and O–H groups in total. The molecule has 0 aromatic heterocycles. The van der Waals surface area contributed by atoms with Gasteiger partial charge in [0.25, 0.3) is 0 Å². The maximum absolute atomic E-state index is 6.37. The van der Waals surface area contributed by atoms with Crippen LogP contribution in [0.15, 0.2) is 12.1 Å². The summed E-state index contributed by atoms with van der Waals surface area (Å²) in [5, 5.41) is 0.954. The number of hydrogen-bond donors (Lipinski definition) is 1. The van der Waals surface area contributed by atoms with Crippen molar-refractivity contribution >= 4 is 24.2 Å². The highest BCUT2D eigenvalue weighted by Gasteiger charge is 2.15. The van der Waals surface area contributed by atoms with Gasteiger partial charge in [-0.25, -0.2) is 0 Å². The molecule has 0 saturated heterocycles. The van der Waals surface area contributed by atoms with Crippen LogP contribution < -0.4 is 0 Å². The molecule has 0 aliphatic heterocycles. The Morgan fingerprint density at radius 3 is 2.50 bits per heavy atom. The van der Waals surface area contributed by atoms with Crippen LogP contribution >= 0.6 is 24.2 Å². The molecule has 0 spiro atoms. The number of aryl methyl sites for hydroxylation is 2. The standard InChI is InChI=1S/C14H19ClS/c1-10(6-7-16)13-8-11-4-2-3-5-12(11)9-14(13)15/h8-10,16H,2-7H2,1H3. The summed E-state index contributed by atoms with van der Waals surface area (Å²) < 4.78 is 0. The number of fused-ring (bicyclic) bond motifs is 1. The molecule has 0 bridgehead atoms. The molecule has 0 nitrogen and oxygen atoms in total. The van der Waals surface area contributed by atoms with Crippen molar-refractivity contribution < 1.29 is 0 Å². The highest BCUT2D eigenvalue weighted by Crippen LogP contribution is 2.33. The van der Waals surface area contributed by atoms with E-state index in [0.717, 1.165) is 17.2 Å². The van der Waals surface area contributed by atoms with Gasteiger partial charge >= 0.3 is 0 Å². The van der Waals surface area contributed by atoms with Crippen molar-refractivity contribution in [2.24, 2.45) is 0 Å². The molecule has 2 rings (SSSR count). The van der Waals surface area contributed by atoms with Gasteiger partial charge in [-0.3, -0.25) is 0 Å². The van der Waals surface area contributed by atoms with Crippen LogP contribution in [0.1, 0.15) is 48.8 Å². The van der Waals surface area contributed by atoms with E-state index in [1.807, 2.05) is 0 Å². The molecule has 2 heteroatoms. The SMILES string of the molecule is CC(CCS)c1cc2c(cc1Cl)CCCC2. The summed E-state index contributed by atoms with van der Waals surface area (Å²) in [7, 11) is 0. The predicted octanol–water partition coefficient (Wildman–Crippen LogP) is 4.64. The Hall–Kier alpha value is -0.140. The number of hydrogen-bond acceptors (Lipinski definition) is 1. The molecular weight excluding hydrogens is 236 g/mol. The molecule has 1 aromatic carbocycles. The van der Waals surface area contributed by atoms with Gasteiger partial charge in [-0.15, -0.1) is 0 Å². The summed E-state index contributed by atoms with van der Waals surface area (Å²) in [6.07, 6.45) is 6.18. The van der Waals surface area contributed by atoms with E-state index < -0.39 is 0 Å². The second kappa shape index (κ2) is 5.46. The lowest BCUT2D eigenvalue weighted by molar-refractivity contribution is 0.678. The Morgan fingerprint density at radius 1 is 1.25 bits per heavy atom. The van der Waals surface area contributed by atoms with Crippen LogP contribution in [0, 0.1) is 0 Å². The molecule has 1 unspecified atom stereocenters. The van der Waals surface area contributed by atoms with E-state index in [-0.39, 0.29) is 0 Å². The molecule has 0 amide bonds. The van der Waals surface area contributed by atoms with Crippen molar-refractivity contribution in [1.29, 1.82) is 0 Å². The molecule has 0 saturated carbocycles. The van der Waals surface area contributed by atoms with E-state index in [0.29, 0.717) is 5.92 Å². The van der Waals surface area contributed by atoms with Crippen LogP contribution in [0.3, 0.4) is 0 Å². The Bertz CT molecular complexity index is 373. The zero-order valence-electron chi connectivity index (χ0n) is 9.80. The minimum Gasteiger partial charge on any atom is -0.179 e. The molecule has 0 fully saturated rings. The maximum Gasteiger partial charge on any atom is 0.0443 e. The molecule has 1 aromatic rings. The number of rotatable bonds is 3. The van der Waals surface area contributed by atoms with Crippen molar-refractivity contribution in [3.63, 3.8) is 0 Å². The number of benzene rings is 1. The van der Waals surface area contributed by atoms with Gasteiger partial charge in [-0.1, -0.05) is 24.6 Å². The van der Waals surface area contributed by atoms with Crippen molar-refractivity contribution in [3.8, 4) is 0 Å². The van der Waals surface area contributed by atoms with Crippen molar-refractivity contribution in [2.75, 3.05) is 5.75 Å². The Morgan fingerprint density at radius 2 is 1.88 bits per heavy atom. The quantitative estimate of drug-likeness (QED) is 0.747. The fourth-order valence-electron chi connectivity index (χ4n) is 2.50. The van der Waals surface area contributed by atoms with Crippen LogP contribution in [0.2, 0.25) is 5.02 Å². The van der Waals surface area contributed by atoms with Crippen LogP contribution in [-0.2, 0) is 12.8 Å². The van der Waals surface area contributed by atoms with Gasteiger partial charge in [0.1, 0.15) is 0 Å². The average Bonchev–Trinajstić information content (AvgIpc) is 2.28. The van der Waals surface area contributed by atoms with Gasteiger partial charge in [0.15, 0.2) is 0 Å². The van der Waals surface area contributed by atoms with Crippen LogP contribution in [0.4, 0.5) is 0 Å². The zero-order chi connectivity index (χ0) is 11.5. The van der Waals surface area contributed by atoms with Crippen molar-refractivity contribution in [3.05, 3.63) is 33.8 Å². The Balaban J connectivity index is 2.31. The molecule has 1 aliphatic carbocycles. The third-order valence-electron chi connectivity index (χ3n) is 3.55. The van der Waals surface area contributed by atoms with Gasteiger partial charge in [-0.2, -0.15) is 12.6 Å². The van der Waals surface area contributed by atoms with Crippen molar-refractivity contribution in [1.82, 2.24) is 0 Å². The summed E-state index contributed by atoms with van der Waals surface area (Å²) in [5.74, 6) is 1.45. The molecule has 1 atom stereocenters. The summed E-state index contributed by atoms with van der Waals surface area (Å²) in [6, 6.07) is 4.53. The molecule has 1 aliphatic rings. The average molecular weight is 255 g/mol. The second-order valence-corrected chi connectivity index (χ2v) is 5.62. The lowest BCUT2D eigenvalue weighted by Gasteiger charge is -2.20. The first-order valence-corrected chi connectivity index (χ1v) is 7.15. The van der Waals surface area contributed by atoms with Gasteiger partial charge in [0.05, 0.1) is 0 Å². The minimum absolute atomic E-state index is 0.525. The number of thiol groups is 1. The van der Waals surface area contributed by atoms with Crippen LogP contribution in [0.25, 0.3) is 0 Å². The summed E-state index contributed by atoms with van der Waals surface area (Å²) in [4.78, 5) is 0. The van der Waals surface area contributed by atoms with E-state index in [2.05, 4.69) is 31.7 Å². The van der Waals surface area contributed by atoms with Crippen LogP contribution in [0.5, 0.6) is 0 Å². The first-order chi connectivity index (χ1) is 7.72. The molecule has 0 heterocycles. The molecular formula is C14H19ClS. The molecule has 88 valence electrons. The summed E-state index contributed by atoms with van der Waals surface area (Å²) >= 11 is 10.7. The number of halogens is 1. The summed E-state index contributed by atoms with van der Waals surface area (Å²) in [6.45, 7) is 2.24. The first kappa shape index (κ1) is 12.3. The van der Waals surface area contributed by atoms with E-state index >= 15 is 0 Å². The fraction of sp³-hybridized carbons (Fsp3) is 0.571. The largest absolute Gasteiger partial charge is 0.179 e. The van der Waals surface area contributed by atoms with E-state index in [1.165, 1.54) is 42.4 Å².